The summed E-state index contributed by atoms with van der Waals surface area (Å²) < 4.78 is 6.35. The van der Waals surface area contributed by atoms with Crippen molar-refractivity contribution in [2.75, 3.05) is 0 Å². The zero-order valence-electron chi connectivity index (χ0n) is 8.62. The van der Waals surface area contributed by atoms with Gasteiger partial charge in [0.05, 0.1) is 0 Å². The van der Waals surface area contributed by atoms with Gasteiger partial charge in [-0.15, -0.1) is 0 Å². The second-order valence-electron chi connectivity index (χ2n) is 4.55. The Balaban J connectivity index is 3.70. The molecule has 0 aromatic rings. The van der Waals surface area contributed by atoms with Gasteiger partial charge in [-0.1, -0.05) is 0 Å². The Morgan fingerprint density at radius 3 is 1.82 bits per heavy atom. The van der Waals surface area contributed by atoms with E-state index in [1.807, 2.05) is 0 Å². The predicted octanol–water partition coefficient (Wildman–Crippen LogP) is 3.03. The zero-order valence-corrected chi connectivity index (χ0v) is 11.5. The van der Waals surface area contributed by atoms with Gasteiger partial charge in [-0.05, 0) is 0 Å². The summed E-state index contributed by atoms with van der Waals surface area (Å²) in [6.07, 6.45) is 1.25. The maximum absolute atomic E-state index is 5.86. The summed E-state index contributed by atoms with van der Waals surface area (Å²) in [5.74, 6) is 0. The topological polar surface area (TPSA) is 9.23 Å². The molecule has 66 valence electrons. The minimum absolute atomic E-state index is 0.0819. The monoisotopic (exact) mass is 264 g/mol. The van der Waals surface area contributed by atoms with Crippen LogP contribution in [0, 0.1) is 0 Å². The third-order valence-corrected chi connectivity index (χ3v) is 6.14. The van der Waals surface area contributed by atoms with Crippen LogP contribution in [-0.2, 0) is 3.07 Å². The minimum atomic E-state index is -0.638. The summed E-state index contributed by atoms with van der Waals surface area (Å²) in [7, 11) is 0. The molecule has 2 heteroatoms. The van der Waals surface area contributed by atoms with Crippen LogP contribution in [0.25, 0.3) is 0 Å². The first-order valence-electron chi connectivity index (χ1n) is 4.22. The second kappa shape index (κ2) is 4.13. The van der Waals surface area contributed by atoms with Crippen LogP contribution in [0.15, 0.2) is 0 Å². The van der Waals surface area contributed by atoms with Crippen LogP contribution >= 0.6 is 0 Å². The van der Waals surface area contributed by atoms with E-state index in [-0.39, 0.29) is 5.60 Å². The maximum atomic E-state index is 5.86. The van der Waals surface area contributed by atoms with Crippen molar-refractivity contribution >= 4 is 21.6 Å². The molecule has 0 aliphatic heterocycles. The Morgan fingerprint density at radius 1 is 1.09 bits per heavy atom. The molecule has 0 spiro atoms. The molecule has 0 aromatic carbocycles. The Morgan fingerprint density at radius 2 is 1.55 bits per heavy atom. The van der Waals surface area contributed by atoms with Gasteiger partial charge in [-0.3, -0.25) is 0 Å². The van der Waals surface area contributed by atoms with Gasteiger partial charge in [0.25, 0.3) is 0 Å². The average molecular weight is 263 g/mol. The van der Waals surface area contributed by atoms with Crippen LogP contribution < -0.4 is 0 Å². The van der Waals surface area contributed by atoms with Gasteiger partial charge >= 0.3 is 81.6 Å². The predicted molar refractivity (Wildman–Crippen MR) is 50.9 cm³/mol. The summed E-state index contributed by atoms with van der Waals surface area (Å²) >= 11 is -0.638. The third-order valence-electron chi connectivity index (χ3n) is 1.52. The molecule has 0 saturated heterocycles. The van der Waals surface area contributed by atoms with Crippen molar-refractivity contribution in [3.05, 3.63) is 0 Å². The van der Waals surface area contributed by atoms with E-state index in [0.717, 1.165) is 0 Å². The van der Waals surface area contributed by atoms with Crippen molar-refractivity contribution < 1.29 is 3.07 Å². The fourth-order valence-electron chi connectivity index (χ4n) is 0.363. The molecule has 0 rings (SSSR count). The van der Waals surface area contributed by atoms with E-state index in [4.69, 9.17) is 3.07 Å². The van der Waals surface area contributed by atoms with E-state index in [0.29, 0.717) is 3.43 Å². The first-order valence-corrected chi connectivity index (χ1v) is 6.81. The average Bonchev–Trinajstić information content (AvgIpc) is 1.83. The standard InChI is InChI=1S/C5H11.C4H9O.Sn/c1-4-5(2)3;1-4(2,3)5;/h4H2,1-3H3;1-3H3;/q;-1;+1. The molecular formula is C9H20OSn. The molecule has 11 heavy (non-hydrogen) atoms. The summed E-state index contributed by atoms with van der Waals surface area (Å²) in [5.41, 5.74) is 0.0819. The fraction of sp³-hybridized carbons (Fsp3) is 1.00. The van der Waals surface area contributed by atoms with Crippen molar-refractivity contribution in [2.45, 2.75) is 57.0 Å². The Bertz CT molecular complexity index is 113. The molecule has 0 heterocycles. The van der Waals surface area contributed by atoms with E-state index in [1.165, 1.54) is 6.42 Å². The Hall–Kier alpha value is 0.759. The zero-order chi connectivity index (χ0) is 9.12. The molecular weight excluding hydrogens is 243 g/mol. The van der Waals surface area contributed by atoms with Gasteiger partial charge < -0.3 is 0 Å². The fourth-order valence-corrected chi connectivity index (χ4v) is 2.44. The quantitative estimate of drug-likeness (QED) is 0.711. The molecule has 0 aromatic heterocycles. The second-order valence-corrected chi connectivity index (χ2v) is 9.58. The van der Waals surface area contributed by atoms with Gasteiger partial charge in [0.1, 0.15) is 0 Å². The molecule has 2 radical (unpaired) electrons. The molecule has 0 fully saturated rings. The van der Waals surface area contributed by atoms with Gasteiger partial charge in [0, 0.05) is 0 Å². The molecule has 0 bridgehead atoms. The van der Waals surface area contributed by atoms with E-state index < -0.39 is 21.6 Å². The van der Waals surface area contributed by atoms with Crippen molar-refractivity contribution in [3.63, 3.8) is 0 Å². The van der Waals surface area contributed by atoms with Crippen molar-refractivity contribution in [1.82, 2.24) is 0 Å². The van der Waals surface area contributed by atoms with Crippen LogP contribution in [0.1, 0.15) is 48.0 Å². The molecule has 0 aliphatic rings. The molecule has 1 nitrogen and oxygen atoms in total. The van der Waals surface area contributed by atoms with E-state index >= 15 is 0 Å². The SMILES string of the molecule is CC[C](C)(C)[Sn][O]C(C)(C)C. The van der Waals surface area contributed by atoms with Crippen molar-refractivity contribution in [2.24, 2.45) is 0 Å². The van der Waals surface area contributed by atoms with Gasteiger partial charge in [-0.2, -0.15) is 0 Å². The summed E-state index contributed by atoms with van der Waals surface area (Å²) in [6.45, 7) is 13.3. The molecule has 0 N–H and O–H groups in total. The Kier molecular flexibility index (Phi) is 4.41. The summed E-state index contributed by atoms with van der Waals surface area (Å²) in [5, 5.41) is 0. The van der Waals surface area contributed by atoms with Crippen molar-refractivity contribution in [3.8, 4) is 0 Å². The molecule has 0 aliphatic carbocycles. The van der Waals surface area contributed by atoms with Crippen molar-refractivity contribution in [1.29, 1.82) is 0 Å². The van der Waals surface area contributed by atoms with Gasteiger partial charge in [0.2, 0.25) is 0 Å². The third kappa shape index (κ3) is 7.13. The Labute approximate surface area is 81.7 Å². The van der Waals surface area contributed by atoms with Crippen LogP contribution in [-0.4, -0.2) is 27.2 Å². The van der Waals surface area contributed by atoms with Gasteiger partial charge in [-0.25, -0.2) is 0 Å². The normalized spacial score (nSPS) is 13.6. The molecule has 0 saturated carbocycles. The van der Waals surface area contributed by atoms with Crippen LogP contribution in [0.4, 0.5) is 0 Å². The van der Waals surface area contributed by atoms with Crippen LogP contribution in [0.5, 0.6) is 0 Å². The summed E-state index contributed by atoms with van der Waals surface area (Å²) in [4.78, 5) is 0. The molecule has 0 unspecified atom stereocenters. The number of hydrogen-bond donors (Lipinski definition) is 0. The number of hydrogen-bond acceptors (Lipinski definition) is 1. The summed E-state index contributed by atoms with van der Waals surface area (Å²) in [6, 6.07) is 0. The van der Waals surface area contributed by atoms with E-state index in [9.17, 15) is 0 Å². The van der Waals surface area contributed by atoms with Crippen LogP contribution in [0.3, 0.4) is 0 Å². The molecule has 0 atom stereocenters. The van der Waals surface area contributed by atoms with Gasteiger partial charge in [0.15, 0.2) is 0 Å². The molecule has 0 amide bonds. The van der Waals surface area contributed by atoms with Crippen LogP contribution in [0.2, 0.25) is 3.43 Å². The van der Waals surface area contributed by atoms with E-state index in [1.54, 1.807) is 0 Å². The first-order chi connectivity index (χ1) is 4.77. The van der Waals surface area contributed by atoms with E-state index in [2.05, 4.69) is 41.5 Å². The first kappa shape index (κ1) is 11.8. The number of rotatable bonds is 3.